The van der Waals surface area contributed by atoms with Gasteiger partial charge in [-0.3, -0.25) is 9.59 Å². The molecule has 0 aromatic heterocycles. The maximum atomic E-state index is 13.7. The van der Waals surface area contributed by atoms with Crippen LogP contribution in [0.1, 0.15) is 55.5 Å². The number of nitrogens with one attached hydrogen (secondary N) is 2. The van der Waals surface area contributed by atoms with Crippen LogP contribution < -0.4 is 10.6 Å². The van der Waals surface area contributed by atoms with Gasteiger partial charge in [0.05, 0.1) is 17.0 Å². The summed E-state index contributed by atoms with van der Waals surface area (Å²) in [5.74, 6) is -0.361. The van der Waals surface area contributed by atoms with E-state index in [1.165, 1.54) is 16.4 Å². The summed E-state index contributed by atoms with van der Waals surface area (Å²) < 4.78 is 28.9. The number of fused-ring (bicyclic) bond motifs is 1. The van der Waals surface area contributed by atoms with Crippen LogP contribution in [0.2, 0.25) is 0 Å². The van der Waals surface area contributed by atoms with Crippen LogP contribution in [-0.4, -0.2) is 31.1 Å². The normalized spacial score (nSPS) is 16.6. The summed E-state index contributed by atoms with van der Waals surface area (Å²) in [6, 6.07) is 22.7. The molecular formula is C28H31N3O4S. The van der Waals surface area contributed by atoms with Gasteiger partial charge in [-0.05, 0) is 54.3 Å². The molecule has 1 heterocycles. The molecule has 2 amide bonds. The maximum Gasteiger partial charge on any atom is 0.243 e. The quantitative estimate of drug-likeness (QED) is 0.468. The molecule has 3 aromatic carbocycles. The lowest BCUT2D eigenvalue weighted by Crippen LogP contribution is -2.42. The van der Waals surface area contributed by atoms with E-state index >= 15 is 0 Å². The lowest BCUT2D eigenvalue weighted by Gasteiger charge is -2.36. The van der Waals surface area contributed by atoms with E-state index in [0.29, 0.717) is 18.5 Å². The first-order valence-corrected chi connectivity index (χ1v) is 13.6. The highest BCUT2D eigenvalue weighted by Crippen LogP contribution is 2.36. The van der Waals surface area contributed by atoms with Crippen molar-refractivity contribution >= 4 is 27.5 Å². The third kappa shape index (κ3) is 5.66. The number of anilines is 1. The molecule has 0 radical (unpaired) electrons. The Morgan fingerprint density at radius 1 is 0.944 bits per heavy atom. The van der Waals surface area contributed by atoms with Crippen molar-refractivity contribution in [2.24, 2.45) is 0 Å². The predicted molar refractivity (Wildman–Crippen MR) is 140 cm³/mol. The highest BCUT2D eigenvalue weighted by Gasteiger charge is 2.37. The van der Waals surface area contributed by atoms with E-state index in [1.807, 2.05) is 61.5 Å². The average Bonchev–Trinajstić information content (AvgIpc) is 2.89. The molecule has 188 valence electrons. The Morgan fingerprint density at radius 3 is 2.31 bits per heavy atom. The number of hydrogen-bond acceptors (Lipinski definition) is 4. The summed E-state index contributed by atoms with van der Waals surface area (Å²) in [6.45, 7) is 3.94. The molecule has 8 heteroatoms. The van der Waals surface area contributed by atoms with E-state index in [2.05, 4.69) is 10.6 Å². The molecule has 0 saturated heterocycles. The van der Waals surface area contributed by atoms with E-state index in [-0.39, 0.29) is 35.7 Å². The van der Waals surface area contributed by atoms with Crippen molar-refractivity contribution in [2.75, 3.05) is 11.9 Å². The van der Waals surface area contributed by atoms with Crippen molar-refractivity contribution in [3.05, 3.63) is 95.6 Å². The Kier molecular flexibility index (Phi) is 7.86. The van der Waals surface area contributed by atoms with Gasteiger partial charge in [0.1, 0.15) is 0 Å². The first-order valence-electron chi connectivity index (χ1n) is 12.1. The van der Waals surface area contributed by atoms with Crippen LogP contribution in [0.4, 0.5) is 5.69 Å². The van der Waals surface area contributed by atoms with Crippen molar-refractivity contribution in [1.82, 2.24) is 9.62 Å². The number of carbonyl (C=O) groups is 2. The Hall–Kier alpha value is -3.49. The van der Waals surface area contributed by atoms with Crippen molar-refractivity contribution in [1.29, 1.82) is 0 Å². The lowest BCUT2D eigenvalue weighted by molar-refractivity contribution is -0.122. The Morgan fingerprint density at radius 2 is 1.61 bits per heavy atom. The molecule has 0 aliphatic carbocycles. The smallest absolute Gasteiger partial charge is 0.243 e. The summed E-state index contributed by atoms with van der Waals surface area (Å²) in [7, 11) is -3.89. The number of amides is 2. The number of rotatable bonds is 8. The Labute approximate surface area is 212 Å². The zero-order chi connectivity index (χ0) is 25.7. The minimum absolute atomic E-state index is 0.0120. The molecule has 36 heavy (non-hydrogen) atoms. The fourth-order valence-corrected chi connectivity index (χ4v) is 6.13. The van der Waals surface area contributed by atoms with E-state index in [4.69, 9.17) is 0 Å². The predicted octanol–water partition coefficient (Wildman–Crippen LogP) is 4.59. The SMILES string of the molecule is CCC(=O)Nc1ccc(S(=O)(=O)N2CCc3ccccc3C2CC(=O)NC(C)c2ccccc2)cc1. The molecule has 7 nitrogen and oxygen atoms in total. The van der Waals surface area contributed by atoms with Gasteiger partial charge in [0.25, 0.3) is 0 Å². The second kappa shape index (κ2) is 11.1. The van der Waals surface area contributed by atoms with Crippen molar-refractivity contribution in [3.63, 3.8) is 0 Å². The van der Waals surface area contributed by atoms with Gasteiger partial charge in [-0.15, -0.1) is 0 Å². The van der Waals surface area contributed by atoms with Crippen LogP contribution in [-0.2, 0) is 26.0 Å². The monoisotopic (exact) mass is 505 g/mol. The Balaban J connectivity index is 1.59. The lowest BCUT2D eigenvalue weighted by atomic mass is 9.92. The highest BCUT2D eigenvalue weighted by atomic mass is 32.2. The van der Waals surface area contributed by atoms with Gasteiger partial charge in [-0.1, -0.05) is 61.5 Å². The topological polar surface area (TPSA) is 95.6 Å². The average molecular weight is 506 g/mol. The minimum atomic E-state index is -3.89. The molecule has 3 aromatic rings. The first kappa shape index (κ1) is 25.6. The molecule has 0 fully saturated rings. The molecule has 2 atom stereocenters. The molecule has 0 saturated carbocycles. The third-order valence-corrected chi connectivity index (χ3v) is 8.41. The van der Waals surface area contributed by atoms with Crippen molar-refractivity contribution < 1.29 is 18.0 Å². The van der Waals surface area contributed by atoms with E-state index in [9.17, 15) is 18.0 Å². The standard InChI is InChI=1S/C28H31N3O4S/c1-3-27(32)30-23-13-15-24(16-14-23)36(34,35)31-18-17-22-11-7-8-12-25(22)26(31)19-28(33)29-20(2)21-9-5-4-6-10-21/h4-16,20,26H,3,17-19H2,1-2H3,(H,29,33)(H,30,32). The van der Waals surface area contributed by atoms with E-state index < -0.39 is 16.1 Å². The third-order valence-electron chi connectivity index (χ3n) is 6.48. The Bertz CT molecular complexity index is 1320. The molecule has 1 aliphatic rings. The van der Waals surface area contributed by atoms with E-state index in [0.717, 1.165) is 16.7 Å². The number of carbonyl (C=O) groups excluding carboxylic acids is 2. The zero-order valence-electron chi connectivity index (χ0n) is 20.5. The van der Waals surface area contributed by atoms with Gasteiger partial charge < -0.3 is 10.6 Å². The van der Waals surface area contributed by atoms with Crippen molar-refractivity contribution in [2.45, 2.75) is 50.1 Å². The molecule has 2 N–H and O–H groups in total. The summed E-state index contributed by atoms with van der Waals surface area (Å²) >= 11 is 0. The van der Waals surface area contributed by atoms with Crippen LogP contribution in [0.25, 0.3) is 0 Å². The van der Waals surface area contributed by atoms with Gasteiger partial charge in [0.15, 0.2) is 0 Å². The van der Waals surface area contributed by atoms with Gasteiger partial charge >= 0.3 is 0 Å². The fraction of sp³-hybridized carbons (Fsp3) is 0.286. The van der Waals surface area contributed by atoms with Crippen LogP contribution in [0.15, 0.2) is 83.8 Å². The summed E-state index contributed by atoms with van der Waals surface area (Å²) in [5.41, 5.74) is 3.42. The van der Waals surface area contributed by atoms with Gasteiger partial charge in [-0.25, -0.2) is 8.42 Å². The van der Waals surface area contributed by atoms with Gasteiger partial charge in [-0.2, -0.15) is 4.31 Å². The summed E-state index contributed by atoms with van der Waals surface area (Å²) in [5, 5.41) is 5.75. The molecule has 0 bridgehead atoms. The second-order valence-corrected chi connectivity index (χ2v) is 10.8. The van der Waals surface area contributed by atoms with Gasteiger partial charge in [0, 0.05) is 25.1 Å². The molecular weight excluding hydrogens is 474 g/mol. The zero-order valence-corrected chi connectivity index (χ0v) is 21.3. The van der Waals surface area contributed by atoms with Crippen LogP contribution in [0.3, 0.4) is 0 Å². The van der Waals surface area contributed by atoms with Crippen LogP contribution in [0.5, 0.6) is 0 Å². The maximum absolute atomic E-state index is 13.7. The largest absolute Gasteiger partial charge is 0.350 e. The van der Waals surface area contributed by atoms with Crippen LogP contribution in [0, 0.1) is 0 Å². The molecule has 0 spiro atoms. The summed E-state index contributed by atoms with van der Waals surface area (Å²) in [6.07, 6.45) is 0.913. The second-order valence-electron chi connectivity index (χ2n) is 8.91. The first-order chi connectivity index (χ1) is 17.3. The molecule has 2 unspecified atom stereocenters. The fourth-order valence-electron chi connectivity index (χ4n) is 4.52. The molecule has 1 aliphatic heterocycles. The summed E-state index contributed by atoms with van der Waals surface area (Å²) in [4.78, 5) is 24.9. The minimum Gasteiger partial charge on any atom is -0.350 e. The number of benzene rings is 3. The van der Waals surface area contributed by atoms with E-state index in [1.54, 1.807) is 19.1 Å². The highest BCUT2D eigenvalue weighted by molar-refractivity contribution is 7.89. The molecule has 4 rings (SSSR count). The van der Waals surface area contributed by atoms with Crippen molar-refractivity contribution in [3.8, 4) is 0 Å². The van der Waals surface area contributed by atoms with Gasteiger partial charge in [0.2, 0.25) is 21.8 Å². The van der Waals surface area contributed by atoms with Crippen LogP contribution >= 0.6 is 0 Å². The number of hydrogen-bond donors (Lipinski definition) is 2. The number of sulfonamides is 1. The number of nitrogens with zero attached hydrogens (tertiary/aromatic N) is 1.